The number of hydrogen-bond acceptors (Lipinski definition) is 5. The van der Waals surface area contributed by atoms with Gasteiger partial charge in [-0.1, -0.05) is 13.0 Å². The minimum Gasteiger partial charge on any atom is -0.461 e. The van der Waals surface area contributed by atoms with Gasteiger partial charge >= 0.3 is 0 Å². The predicted octanol–water partition coefficient (Wildman–Crippen LogP) is 5.06. The Morgan fingerprint density at radius 3 is 2.89 bits per heavy atom. The molecule has 5 rings (SSSR count). The highest BCUT2D eigenvalue weighted by Crippen LogP contribution is 2.41. The fourth-order valence-corrected chi connectivity index (χ4v) is 4.32. The lowest BCUT2D eigenvalue weighted by Gasteiger charge is -2.38. The summed E-state index contributed by atoms with van der Waals surface area (Å²) in [5.41, 5.74) is 5.95. The monoisotopic (exact) mass is 373 g/mol. The van der Waals surface area contributed by atoms with Crippen molar-refractivity contribution in [2.75, 3.05) is 5.32 Å². The molecule has 1 N–H and O–H groups in total. The largest absolute Gasteiger partial charge is 0.461 e. The van der Waals surface area contributed by atoms with E-state index < -0.39 is 0 Å². The van der Waals surface area contributed by atoms with Crippen molar-refractivity contribution in [2.24, 2.45) is 0 Å². The van der Waals surface area contributed by atoms with E-state index in [-0.39, 0.29) is 5.54 Å². The van der Waals surface area contributed by atoms with Crippen LogP contribution in [-0.2, 0) is 0 Å². The molecule has 28 heavy (non-hydrogen) atoms. The Kier molecular flexibility index (Phi) is 3.59. The summed E-state index contributed by atoms with van der Waals surface area (Å²) in [5.74, 6) is 2.25. The lowest BCUT2D eigenvalue weighted by molar-refractivity contribution is 0.454. The average Bonchev–Trinajstić information content (AvgIpc) is 3.30. The van der Waals surface area contributed by atoms with Crippen LogP contribution in [0.1, 0.15) is 44.2 Å². The zero-order valence-corrected chi connectivity index (χ0v) is 16.5. The molecule has 0 radical (unpaired) electrons. The second kappa shape index (κ2) is 5.92. The number of furan rings is 1. The van der Waals surface area contributed by atoms with Crippen LogP contribution >= 0.6 is 0 Å². The molecule has 0 bridgehead atoms. The van der Waals surface area contributed by atoms with Crippen molar-refractivity contribution in [1.82, 2.24) is 19.6 Å². The Morgan fingerprint density at radius 2 is 2.11 bits per heavy atom. The second-order valence-electron chi connectivity index (χ2n) is 8.32. The van der Waals surface area contributed by atoms with Crippen molar-refractivity contribution >= 4 is 11.5 Å². The Bertz CT molecular complexity index is 1170. The van der Waals surface area contributed by atoms with E-state index in [1.165, 1.54) is 16.8 Å². The van der Waals surface area contributed by atoms with Gasteiger partial charge in [0.1, 0.15) is 0 Å². The summed E-state index contributed by atoms with van der Waals surface area (Å²) in [6.07, 6.45) is 4.52. The van der Waals surface area contributed by atoms with Crippen molar-refractivity contribution in [3.05, 3.63) is 53.9 Å². The summed E-state index contributed by atoms with van der Waals surface area (Å²) in [4.78, 5) is 8.91. The summed E-state index contributed by atoms with van der Waals surface area (Å²) < 4.78 is 7.25. The van der Waals surface area contributed by atoms with Crippen LogP contribution in [0.4, 0.5) is 5.69 Å². The maximum Gasteiger partial charge on any atom is 0.253 e. The molecule has 4 heterocycles. The van der Waals surface area contributed by atoms with Gasteiger partial charge in [0, 0.05) is 23.0 Å². The molecular formula is C22H23N5O. The van der Waals surface area contributed by atoms with Crippen LogP contribution in [0.2, 0.25) is 0 Å². The molecule has 142 valence electrons. The molecule has 0 amide bonds. The molecule has 1 aliphatic rings. The topological polar surface area (TPSA) is 68.2 Å². The molecule has 6 heteroatoms. The third-order valence-electron chi connectivity index (χ3n) is 5.48. The SMILES string of the molecule is Cc1cc2c(cc1-c1ccnc3nc(-c4ccco4)nn13)NC(C)(C)CC2C. The van der Waals surface area contributed by atoms with Gasteiger partial charge in [0.15, 0.2) is 5.76 Å². The minimum absolute atomic E-state index is 0.0756. The van der Waals surface area contributed by atoms with Crippen LogP contribution in [0.15, 0.2) is 47.2 Å². The number of rotatable bonds is 2. The Morgan fingerprint density at radius 1 is 1.25 bits per heavy atom. The molecule has 1 aliphatic heterocycles. The van der Waals surface area contributed by atoms with E-state index >= 15 is 0 Å². The third kappa shape index (κ3) is 2.68. The minimum atomic E-state index is 0.0756. The zero-order valence-electron chi connectivity index (χ0n) is 16.5. The normalized spacial score (nSPS) is 18.1. The van der Waals surface area contributed by atoms with Crippen molar-refractivity contribution in [3.8, 4) is 22.8 Å². The number of aromatic nitrogens is 4. The summed E-state index contributed by atoms with van der Waals surface area (Å²) >= 11 is 0. The molecule has 6 nitrogen and oxygen atoms in total. The molecule has 1 unspecified atom stereocenters. The van der Waals surface area contributed by atoms with E-state index in [4.69, 9.17) is 4.42 Å². The summed E-state index contributed by atoms with van der Waals surface area (Å²) in [6.45, 7) is 8.96. The lowest BCUT2D eigenvalue weighted by Crippen LogP contribution is -2.36. The van der Waals surface area contributed by atoms with Crippen LogP contribution in [0.25, 0.3) is 28.6 Å². The molecule has 0 fully saturated rings. The molecule has 1 atom stereocenters. The van der Waals surface area contributed by atoms with Crippen LogP contribution in [-0.4, -0.2) is 25.1 Å². The van der Waals surface area contributed by atoms with Gasteiger partial charge in [0.2, 0.25) is 5.82 Å². The smallest absolute Gasteiger partial charge is 0.253 e. The standard InChI is InChI=1S/C22H23N5O/c1-13-10-15-14(2)12-22(3,4)25-17(15)11-16(13)18-7-8-23-21-24-20(26-27(18)21)19-6-5-9-28-19/h5-11,14,25H,12H2,1-4H3. The van der Waals surface area contributed by atoms with E-state index in [1.54, 1.807) is 17.0 Å². The molecule has 4 aromatic rings. The van der Waals surface area contributed by atoms with Gasteiger partial charge in [-0.15, -0.1) is 5.10 Å². The van der Waals surface area contributed by atoms with E-state index in [1.807, 2.05) is 18.2 Å². The van der Waals surface area contributed by atoms with Gasteiger partial charge in [-0.2, -0.15) is 9.50 Å². The fraction of sp³-hybridized carbons (Fsp3) is 0.318. The van der Waals surface area contributed by atoms with Crippen LogP contribution < -0.4 is 5.32 Å². The predicted molar refractivity (Wildman–Crippen MR) is 109 cm³/mol. The summed E-state index contributed by atoms with van der Waals surface area (Å²) in [5, 5.41) is 8.36. The molecular weight excluding hydrogens is 350 g/mol. The number of aryl methyl sites for hydroxylation is 1. The van der Waals surface area contributed by atoms with Crippen LogP contribution in [0.3, 0.4) is 0 Å². The Labute approximate surface area is 163 Å². The average molecular weight is 373 g/mol. The molecule has 0 aliphatic carbocycles. The molecule has 0 saturated carbocycles. The Hall–Kier alpha value is -3.15. The molecule has 1 aromatic carbocycles. The number of anilines is 1. The van der Waals surface area contributed by atoms with Crippen LogP contribution in [0, 0.1) is 6.92 Å². The van der Waals surface area contributed by atoms with E-state index in [9.17, 15) is 0 Å². The van der Waals surface area contributed by atoms with Gasteiger partial charge in [-0.05, 0) is 68.5 Å². The summed E-state index contributed by atoms with van der Waals surface area (Å²) in [6, 6.07) is 10.2. The first kappa shape index (κ1) is 17.0. The zero-order chi connectivity index (χ0) is 19.5. The third-order valence-corrected chi connectivity index (χ3v) is 5.48. The van der Waals surface area contributed by atoms with Gasteiger partial charge in [0.25, 0.3) is 5.78 Å². The first-order valence-corrected chi connectivity index (χ1v) is 9.60. The number of nitrogens with one attached hydrogen (secondary N) is 1. The second-order valence-corrected chi connectivity index (χ2v) is 8.32. The number of hydrogen-bond donors (Lipinski definition) is 1. The number of benzene rings is 1. The molecule has 0 saturated heterocycles. The highest BCUT2D eigenvalue weighted by Gasteiger charge is 2.30. The first-order chi connectivity index (χ1) is 13.4. The van der Waals surface area contributed by atoms with Crippen molar-refractivity contribution in [2.45, 2.75) is 45.6 Å². The van der Waals surface area contributed by atoms with Gasteiger partial charge in [0.05, 0.1) is 12.0 Å². The maximum atomic E-state index is 5.45. The number of fused-ring (bicyclic) bond motifs is 2. The van der Waals surface area contributed by atoms with E-state index in [2.05, 4.69) is 60.2 Å². The summed E-state index contributed by atoms with van der Waals surface area (Å²) in [7, 11) is 0. The highest BCUT2D eigenvalue weighted by molar-refractivity contribution is 5.74. The molecule has 0 spiro atoms. The van der Waals surface area contributed by atoms with E-state index in [0.717, 1.165) is 17.7 Å². The van der Waals surface area contributed by atoms with Crippen molar-refractivity contribution in [3.63, 3.8) is 0 Å². The highest BCUT2D eigenvalue weighted by atomic mass is 16.3. The first-order valence-electron chi connectivity index (χ1n) is 9.60. The Balaban J connectivity index is 1.68. The lowest BCUT2D eigenvalue weighted by atomic mass is 9.80. The van der Waals surface area contributed by atoms with Gasteiger partial charge in [-0.25, -0.2) is 4.98 Å². The fourth-order valence-electron chi connectivity index (χ4n) is 4.32. The van der Waals surface area contributed by atoms with Crippen molar-refractivity contribution in [1.29, 1.82) is 0 Å². The van der Waals surface area contributed by atoms with Crippen molar-refractivity contribution < 1.29 is 4.42 Å². The van der Waals surface area contributed by atoms with Crippen LogP contribution in [0.5, 0.6) is 0 Å². The maximum absolute atomic E-state index is 5.45. The number of nitrogens with zero attached hydrogens (tertiary/aromatic N) is 4. The quantitative estimate of drug-likeness (QED) is 0.532. The van der Waals surface area contributed by atoms with Gasteiger partial charge < -0.3 is 9.73 Å². The molecule has 3 aromatic heterocycles. The van der Waals surface area contributed by atoms with Gasteiger partial charge in [-0.3, -0.25) is 0 Å². The van der Waals surface area contributed by atoms with E-state index in [0.29, 0.717) is 23.3 Å².